The molecule has 1 aromatic heterocycles. The van der Waals surface area contributed by atoms with E-state index in [-0.39, 0.29) is 18.4 Å². The highest BCUT2D eigenvalue weighted by Crippen LogP contribution is 2.28. The SMILES string of the molecule is O=C(NCCSCc1c(Cl)cccc1Cl)[C@H]1CCCN(S(=O)(=O)c2cccs2)C1. The fourth-order valence-electron chi connectivity index (χ4n) is 3.15. The molecule has 1 fully saturated rings. The van der Waals surface area contributed by atoms with Crippen LogP contribution in [-0.2, 0) is 20.6 Å². The summed E-state index contributed by atoms with van der Waals surface area (Å²) in [7, 11) is -3.51. The molecule has 1 atom stereocenters. The molecule has 1 aliphatic heterocycles. The molecule has 10 heteroatoms. The molecule has 1 aromatic carbocycles. The van der Waals surface area contributed by atoms with Gasteiger partial charge in [0.15, 0.2) is 0 Å². The maximum absolute atomic E-state index is 12.7. The van der Waals surface area contributed by atoms with E-state index in [2.05, 4.69) is 5.32 Å². The zero-order valence-corrected chi connectivity index (χ0v) is 19.6. The lowest BCUT2D eigenvalue weighted by Gasteiger charge is -2.30. The normalized spacial score (nSPS) is 17.9. The molecule has 1 N–H and O–H groups in total. The standard InChI is InChI=1S/C19H22Cl2N2O3S3/c20-16-5-1-6-17(21)15(16)13-27-11-8-22-19(24)14-4-2-9-23(12-14)29(25,26)18-7-3-10-28-18/h1,3,5-7,10,14H,2,4,8-9,11-13H2,(H,22,24)/t14-/m0/s1. The number of benzene rings is 1. The van der Waals surface area contributed by atoms with Crippen LogP contribution in [0.15, 0.2) is 39.9 Å². The number of nitrogens with one attached hydrogen (secondary N) is 1. The first kappa shape index (κ1) is 22.9. The molecular weight excluding hydrogens is 471 g/mol. The predicted octanol–water partition coefficient (Wildman–Crippen LogP) is 4.51. The van der Waals surface area contributed by atoms with E-state index in [1.54, 1.807) is 29.3 Å². The van der Waals surface area contributed by atoms with Crippen LogP contribution in [-0.4, -0.2) is 44.0 Å². The lowest BCUT2D eigenvalue weighted by molar-refractivity contribution is -0.125. The van der Waals surface area contributed by atoms with E-state index < -0.39 is 10.0 Å². The Morgan fingerprint density at radius 1 is 1.24 bits per heavy atom. The average Bonchev–Trinajstić information content (AvgIpc) is 3.25. The maximum atomic E-state index is 12.7. The van der Waals surface area contributed by atoms with E-state index in [9.17, 15) is 13.2 Å². The molecule has 0 aliphatic carbocycles. The van der Waals surface area contributed by atoms with Gasteiger partial charge in [0.2, 0.25) is 5.91 Å². The fraction of sp³-hybridized carbons (Fsp3) is 0.421. The van der Waals surface area contributed by atoms with Crippen molar-refractivity contribution < 1.29 is 13.2 Å². The lowest BCUT2D eigenvalue weighted by atomic mass is 9.99. The van der Waals surface area contributed by atoms with Crippen molar-refractivity contribution in [1.29, 1.82) is 0 Å². The minimum atomic E-state index is -3.51. The van der Waals surface area contributed by atoms with E-state index in [4.69, 9.17) is 23.2 Å². The van der Waals surface area contributed by atoms with Crippen molar-refractivity contribution in [3.63, 3.8) is 0 Å². The van der Waals surface area contributed by atoms with Crippen LogP contribution in [0.2, 0.25) is 10.0 Å². The Morgan fingerprint density at radius 2 is 2.00 bits per heavy atom. The van der Waals surface area contributed by atoms with Crippen molar-refractivity contribution in [1.82, 2.24) is 9.62 Å². The third-order valence-electron chi connectivity index (χ3n) is 4.70. The molecule has 0 bridgehead atoms. The van der Waals surface area contributed by atoms with Gasteiger partial charge in [-0.2, -0.15) is 16.1 Å². The Morgan fingerprint density at radius 3 is 2.69 bits per heavy atom. The number of piperidine rings is 1. The number of carbonyl (C=O) groups excluding carboxylic acids is 1. The van der Waals surface area contributed by atoms with Gasteiger partial charge in [-0.05, 0) is 42.0 Å². The third kappa shape index (κ3) is 5.89. The second-order valence-corrected chi connectivity index (χ2v) is 11.7. The minimum absolute atomic E-state index is 0.0903. The number of sulfonamides is 1. The molecule has 3 rings (SSSR count). The van der Waals surface area contributed by atoms with Gasteiger partial charge in [-0.1, -0.05) is 35.3 Å². The molecule has 2 aromatic rings. The molecule has 29 heavy (non-hydrogen) atoms. The van der Waals surface area contributed by atoms with Crippen LogP contribution in [0, 0.1) is 5.92 Å². The van der Waals surface area contributed by atoms with Gasteiger partial charge in [0, 0.05) is 41.2 Å². The van der Waals surface area contributed by atoms with Crippen LogP contribution >= 0.6 is 46.3 Å². The topological polar surface area (TPSA) is 66.5 Å². The monoisotopic (exact) mass is 492 g/mol. The van der Waals surface area contributed by atoms with Gasteiger partial charge in [-0.3, -0.25) is 4.79 Å². The number of hydrogen-bond donors (Lipinski definition) is 1. The van der Waals surface area contributed by atoms with Crippen LogP contribution in [0.3, 0.4) is 0 Å². The van der Waals surface area contributed by atoms with Gasteiger partial charge in [0.25, 0.3) is 10.0 Å². The minimum Gasteiger partial charge on any atom is -0.355 e. The number of nitrogens with zero attached hydrogens (tertiary/aromatic N) is 1. The van der Waals surface area contributed by atoms with Crippen LogP contribution in [0.4, 0.5) is 0 Å². The summed E-state index contributed by atoms with van der Waals surface area (Å²) >= 11 is 15.2. The molecule has 0 unspecified atom stereocenters. The molecule has 2 heterocycles. The first-order chi connectivity index (χ1) is 13.9. The van der Waals surface area contributed by atoms with Crippen LogP contribution in [0.25, 0.3) is 0 Å². The largest absolute Gasteiger partial charge is 0.355 e. The van der Waals surface area contributed by atoms with Gasteiger partial charge in [-0.25, -0.2) is 8.42 Å². The summed E-state index contributed by atoms with van der Waals surface area (Å²) in [5.74, 6) is 0.982. The number of amides is 1. The predicted molar refractivity (Wildman–Crippen MR) is 121 cm³/mol. The number of rotatable bonds is 8. The van der Waals surface area contributed by atoms with E-state index in [1.807, 2.05) is 18.2 Å². The Labute approximate surface area is 189 Å². The first-order valence-electron chi connectivity index (χ1n) is 9.21. The highest BCUT2D eigenvalue weighted by Gasteiger charge is 2.33. The van der Waals surface area contributed by atoms with Crippen molar-refractivity contribution in [2.45, 2.75) is 22.8 Å². The van der Waals surface area contributed by atoms with Crippen LogP contribution in [0.5, 0.6) is 0 Å². The summed E-state index contributed by atoms with van der Waals surface area (Å²) < 4.78 is 27.1. The maximum Gasteiger partial charge on any atom is 0.252 e. The summed E-state index contributed by atoms with van der Waals surface area (Å²) in [6, 6.07) is 8.75. The van der Waals surface area contributed by atoms with Gasteiger partial charge < -0.3 is 5.32 Å². The molecule has 1 saturated heterocycles. The van der Waals surface area contributed by atoms with Crippen molar-refractivity contribution in [2.75, 3.05) is 25.4 Å². The van der Waals surface area contributed by atoms with Crippen LogP contribution in [0.1, 0.15) is 18.4 Å². The summed E-state index contributed by atoms with van der Waals surface area (Å²) in [6.45, 7) is 1.20. The second kappa shape index (κ2) is 10.5. The van der Waals surface area contributed by atoms with Gasteiger partial charge in [0.1, 0.15) is 4.21 Å². The molecule has 5 nitrogen and oxygen atoms in total. The molecule has 1 amide bonds. The van der Waals surface area contributed by atoms with E-state index >= 15 is 0 Å². The third-order valence-corrected chi connectivity index (χ3v) is 9.63. The van der Waals surface area contributed by atoms with Crippen molar-refractivity contribution >= 4 is 62.2 Å². The number of halogens is 2. The van der Waals surface area contributed by atoms with Crippen molar-refractivity contribution in [3.8, 4) is 0 Å². The number of carbonyl (C=O) groups is 1. The van der Waals surface area contributed by atoms with Gasteiger partial charge in [-0.15, -0.1) is 11.3 Å². The summed E-state index contributed by atoms with van der Waals surface area (Å²) in [6.07, 6.45) is 1.38. The van der Waals surface area contributed by atoms with Crippen molar-refractivity contribution in [2.24, 2.45) is 5.92 Å². The first-order valence-corrected chi connectivity index (χ1v) is 13.4. The zero-order valence-electron chi connectivity index (χ0n) is 15.6. The highest BCUT2D eigenvalue weighted by atomic mass is 35.5. The Bertz CT molecular complexity index is 916. The molecule has 0 spiro atoms. The summed E-state index contributed by atoms with van der Waals surface area (Å²) in [5.41, 5.74) is 0.897. The number of thioether (sulfide) groups is 1. The zero-order chi connectivity index (χ0) is 20.9. The van der Waals surface area contributed by atoms with Gasteiger partial charge in [0.05, 0.1) is 5.92 Å². The molecule has 1 aliphatic rings. The van der Waals surface area contributed by atoms with E-state index in [1.165, 1.54) is 15.6 Å². The lowest BCUT2D eigenvalue weighted by Crippen LogP contribution is -2.45. The number of thiophene rings is 1. The number of hydrogen-bond acceptors (Lipinski definition) is 5. The van der Waals surface area contributed by atoms with E-state index in [0.717, 1.165) is 11.3 Å². The molecule has 158 valence electrons. The fourth-order valence-corrected chi connectivity index (χ4v) is 7.41. The highest BCUT2D eigenvalue weighted by molar-refractivity contribution is 7.98. The Kier molecular flexibility index (Phi) is 8.30. The summed E-state index contributed by atoms with van der Waals surface area (Å²) in [4.78, 5) is 12.5. The molecule has 0 saturated carbocycles. The molecule has 0 radical (unpaired) electrons. The summed E-state index contributed by atoms with van der Waals surface area (Å²) in [5, 5.41) is 5.96. The average molecular weight is 494 g/mol. The van der Waals surface area contributed by atoms with Gasteiger partial charge >= 0.3 is 0 Å². The smallest absolute Gasteiger partial charge is 0.252 e. The quantitative estimate of drug-likeness (QED) is 0.550. The van der Waals surface area contributed by atoms with Crippen molar-refractivity contribution in [3.05, 3.63) is 51.3 Å². The van der Waals surface area contributed by atoms with E-state index in [0.29, 0.717) is 45.9 Å². The Hall–Kier alpha value is -0.770. The second-order valence-electron chi connectivity index (χ2n) is 6.68. The molecular formula is C19H22Cl2N2O3S3. The Balaban J connectivity index is 1.45. The van der Waals surface area contributed by atoms with Crippen LogP contribution < -0.4 is 5.32 Å².